The SMILES string of the molecule is Cc1ccc(-c2nc(COc3cccc(CN4CCSCC4C(=O)O)c3)c(C)o2)cc1. The number of nitrogens with zero attached hydrogens (tertiary/aromatic N) is 2. The molecule has 6 nitrogen and oxygen atoms in total. The van der Waals surface area contributed by atoms with E-state index in [1.165, 1.54) is 5.56 Å². The molecule has 1 N–H and O–H groups in total. The van der Waals surface area contributed by atoms with Crippen molar-refractivity contribution in [3.05, 3.63) is 71.1 Å². The van der Waals surface area contributed by atoms with Crippen molar-refractivity contribution in [2.24, 2.45) is 0 Å². The highest BCUT2D eigenvalue weighted by Gasteiger charge is 2.28. The van der Waals surface area contributed by atoms with Gasteiger partial charge in [0.25, 0.3) is 0 Å². The van der Waals surface area contributed by atoms with E-state index >= 15 is 0 Å². The number of aromatic nitrogens is 1. The van der Waals surface area contributed by atoms with Crippen LogP contribution < -0.4 is 4.74 Å². The van der Waals surface area contributed by atoms with E-state index in [1.807, 2.05) is 67.3 Å². The number of oxazole rings is 1. The van der Waals surface area contributed by atoms with E-state index in [2.05, 4.69) is 4.98 Å². The topological polar surface area (TPSA) is 75.8 Å². The van der Waals surface area contributed by atoms with Gasteiger partial charge in [-0.3, -0.25) is 9.69 Å². The minimum Gasteiger partial charge on any atom is -0.487 e. The first-order valence-corrected chi connectivity index (χ1v) is 11.4. The Bertz CT molecular complexity index is 1050. The minimum atomic E-state index is -0.759. The molecule has 1 aliphatic heterocycles. The molecular formula is C24H26N2O4S. The zero-order valence-corrected chi connectivity index (χ0v) is 18.5. The second kappa shape index (κ2) is 9.58. The Hall–Kier alpha value is -2.77. The molecule has 0 amide bonds. The lowest BCUT2D eigenvalue weighted by Gasteiger charge is -2.32. The first-order valence-electron chi connectivity index (χ1n) is 10.3. The van der Waals surface area contributed by atoms with Crippen molar-refractivity contribution >= 4 is 17.7 Å². The van der Waals surface area contributed by atoms with Crippen molar-refractivity contribution in [3.8, 4) is 17.2 Å². The van der Waals surface area contributed by atoms with Crippen molar-refractivity contribution in [1.82, 2.24) is 9.88 Å². The highest BCUT2D eigenvalue weighted by atomic mass is 32.2. The molecule has 2 aromatic carbocycles. The summed E-state index contributed by atoms with van der Waals surface area (Å²) in [5.41, 5.74) is 3.93. The highest BCUT2D eigenvalue weighted by Crippen LogP contribution is 2.24. The fraction of sp³-hybridized carbons (Fsp3) is 0.333. The first kappa shape index (κ1) is 21.5. The summed E-state index contributed by atoms with van der Waals surface area (Å²) in [5, 5.41) is 9.48. The van der Waals surface area contributed by atoms with Crippen LogP contribution in [0, 0.1) is 13.8 Å². The Morgan fingerprint density at radius 1 is 1.26 bits per heavy atom. The van der Waals surface area contributed by atoms with Gasteiger partial charge < -0.3 is 14.3 Å². The third kappa shape index (κ3) is 5.29. The van der Waals surface area contributed by atoms with Gasteiger partial charge in [-0.2, -0.15) is 11.8 Å². The first-order chi connectivity index (χ1) is 15.0. The zero-order valence-electron chi connectivity index (χ0n) is 17.7. The van der Waals surface area contributed by atoms with Gasteiger partial charge in [0.05, 0.1) is 0 Å². The van der Waals surface area contributed by atoms with E-state index in [9.17, 15) is 9.90 Å². The second-order valence-corrected chi connectivity index (χ2v) is 8.87. The maximum absolute atomic E-state index is 11.5. The highest BCUT2D eigenvalue weighted by molar-refractivity contribution is 7.99. The Morgan fingerprint density at radius 3 is 2.84 bits per heavy atom. The zero-order chi connectivity index (χ0) is 21.8. The second-order valence-electron chi connectivity index (χ2n) is 7.72. The Morgan fingerprint density at radius 2 is 2.06 bits per heavy atom. The number of thioether (sulfide) groups is 1. The van der Waals surface area contributed by atoms with Gasteiger partial charge in [0.1, 0.15) is 29.9 Å². The maximum atomic E-state index is 11.5. The quantitative estimate of drug-likeness (QED) is 0.580. The van der Waals surface area contributed by atoms with Gasteiger partial charge in [-0.05, 0) is 43.7 Å². The van der Waals surface area contributed by atoms with Gasteiger partial charge in [-0.1, -0.05) is 29.8 Å². The molecular weight excluding hydrogens is 412 g/mol. The van der Waals surface area contributed by atoms with Crippen molar-refractivity contribution in [3.63, 3.8) is 0 Å². The summed E-state index contributed by atoms with van der Waals surface area (Å²) in [6, 6.07) is 15.4. The molecule has 1 atom stereocenters. The Kier molecular flexibility index (Phi) is 6.63. The number of hydrogen-bond acceptors (Lipinski definition) is 6. The van der Waals surface area contributed by atoms with Crippen LogP contribution in [0.1, 0.15) is 22.6 Å². The van der Waals surface area contributed by atoms with Crippen LogP contribution in [-0.4, -0.2) is 45.1 Å². The average Bonchev–Trinajstić information content (AvgIpc) is 3.14. The standard InChI is InChI=1S/C24H26N2O4S/c1-16-6-8-19(9-7-16)23-25-21(17(2)30-23)14-29-20-5-3-4-18(12-20)13-26-10-11-31-15-22(26)24(27)28/h3-9,12,22H,10-11,13-15H2,1-2H3,(H,27,28). The van der Waals surface area contributed by atoms with Crippen molar-refractivity contribution < 1.29 is 19.1 Å². The van der Waals surface area contributed by atoms with Crippen LogP contribution in [-0.2, 0) is 17.9 Å². The van der Waals surface area contributed by atoms with Crippen molar-refractivity contribution in [2.45, 2.75) is 33.0 Å². The Labute approximate surface area is 186 Å². The van der Waals surface area contributed by atoms with Crippen LogP contribution in [0.2, 0.25) is 0 Å². The molecule has 1 aliphatic rings. The number of ether oxygens (including phenoxy) is 1. The number of carbonyl (C=O) groups is 1. The van der Waals surface area contributed by atoms with E-state index in [0.717, 1.165) is 40.6 Å². The number of carboxylic acid groups (broad SMARTS) is 1. The van der Waals surface area contributed by atoms with Gasteiger partial charge in [0.15, 0.2) is 0 Å². The lowest BCUT2D eigenvalue weighted by Crippen LogP contribution is -2.46. The molecule has 3 aromatic rings. The molecule has 0 bridgehead atoms. The van der Waals surface area contributed by atoms with Gasteiger partial charge in [-0.25, -0.2) is 4.98 Å². The van der Waals surface area contributed by atoms with Crippen molar-refractivity contribution in [1.29, 1.82) is 0 Å². The molecule has 2 heterocycles. The minimum absolute atomic E-state index is 0.308. The molecule has 1 saturated heterocycles. The molecule has 7 heteroatoms. The summed E-state index contributed by atoms with van der Waals surface area (Å²) in [4.78, 5) is 18.2. The number of hydrogen-bond donors (Lipinski definition) is 1. The van der Waals surface area contributed by atoms with Gasteiger partial charge in [0, 0.05) is 30.2 Å². The molecule has 1 fully saturated rings. The summed E-state index contributed by atoms with van der Waals surface area (Å²) in [7, 11) is 0. The smallest absolute Gasteiger partial charge is 0.321 e. The summed E-state index contributed by atoms with van der Waals surface area (Å²) >= 11 is 1.69. The van der Waals surface area contributed by atoms with Crippen molar-refractivity contribution in [2.75, 3.05) is 18.1 Å². The van der Waals surface area contributed by atoms with Gasteiger partial charge in [-0.15, -0.1) is 0 Å². The maximum Gasteiger partial charge on any atom is 0.321 e. The molecule has 0 spiro atoms. The van der Waals surface area contributed by atoms with E-state index in [1.54, 1.807) is 11.8 Å². The third-order valence-corrected chi connectivity index (χ3v) is 6.40. The fourth-order valence-corrected chi connectivity index (χ4v) is 4.66. The van der Waals surface area contributed by atoms with Crippen LogP contribution in [0.25, 0.3) is 11.5 Å². The fourth-order valence-electron chi connectivity index (χ4n) is 3.56. The molecule has 0 radical (unpaired) electrons. The van der Waals surface area contributed by atoms with Crippen LogP contribution in [0.3, 0.4) is 0 Å². The molecule has 4 rings (SSSR count). The monoisotopic (exact) mass is 438 g/mol. The van der Waals surface area contributed by atoms with Gasteiger partial charge in [0.2, 0.25) is 5.89 Å². The molecule has 162 valence electrons. The van der Waals surface area contributed by atoms with Gasteiger partial charge >= 0.3 is 5.97 Å². The van der Waals surface area contributed by atoms with E-state index in [-0.39, 0.29) is 0 Å². The largest absolute Gasteiger partial charge is 0.487 e. The molecule has 0 saturated carbocycles. The summed E-state index contributed by atoms with van der Waals surface area (Å²) in [6.07, 6.45) is 0. The number of aliphatic carboxylic acids is 1. The normalized spacial score (nSPS) is 16.9. The molecule has 0 aliphatic carbocycles. The van der Waals surface area contributed by atoms with E-state index < -0.39 is 12.0 Å². The predicted octanol–water partition coefficient (Wildman–Crippen LogP) is 4.54. The number of benzene rings is 2. The summed E-state index contributed by atoms with van der Waals surface area (Å²) in [5.74, 6) is 2.88. The lowest BCUT2D eigenvalue weighted by atomic mass is 10.1. The van der Waals surface area contributed by atoms with Crippen LogP contribution in [0.5, 0.6) is 5.75 Å². The lowest BCUT2D eigenvalue weighted by molar-refractivity contribution is -0.142. The summed E-state index contributed by atoms with van der Waals surface area (Å²) < 4.78 is 11.8. The number of carboxylic acids is 1. The predicted molar refractivity (Wildman–Crippen MR) is 121 cm³/mol. The van der Waals surface area contributed by atoms with Crippen LogP contribution >= 0.6 is 11.8 Å². The van der Waals surface area contributed by atoms with E-state index in [4.69, 9.17) is 9.15 Å². The van der Waals surface area contributed by atoms with Crippen LogP contribution in [0.15, 0.2) is 52.9 Å². The van der Waals surface area contributed by atoms with E-state index in [0.29, 0.717) is 24.8 Å². The number of rotatable bonds is 7. The molecule has 1 unspecified atom stereocenters. The molecule has 1 aromatic heterocycles. The van der Waals surface area contributed by atoms with Crippen LogP contribution in [0.4, 0.5) is 0 Å². The number of aryl methyl sites for hydroxylation is 2. The summed E-state index contributed by atoms with van der Waals surface area (Å²) in [6.45, 7) is 5.61. The third-order valence-electron chi connectivity index (χ3n) is 5.38. The Balaban J connectivity index is 1.41. The average molecular weight is 439 g/mol. The molecule has 31 heavy (non-hydrogen) atoms.